The zero-order valence-corrected chi connectivity index (χ0v) is 17.6. The summed E-state index contributed by atoms with van der Waals surface area (Å²) in [6, 6.07) is 5.05. The van der Waals surface area contributed by atoms with E-state index in [1.54, 1.807) is 31.4 Å². The van der Waals surface area contributed by atoms with Crippen LogP contribution in [-0.4, -0.2) is 58.2 Å². The van der Waals surface area contributed by atoms with Crippen molar-refractivity contribution in [2.24, 2.45) is 0 Å². The third kappa shape index (κ3) is 4.19. The SMILES string of the molecule is CNc1cc(C)nc(Nc2ccc(OC)c(-n3cc4c(n3)CCN(CC=O)C4)c2F)n1. The highest BCUT2D eigenvalue weighted by molar-refractivity contribution is 5.64. The zero-order chi connectivity index (χ0) is 22.0. The molecule has 3 heterocycles. The molecule has 2 N–H and O–H groups in total. The maximum atomic E-state index is 15.6. The van der Waals surface area contributed by atoms with E-state index in [2.05, 4.69) is 25.7 Å². The molecule has 1 aliphatic rings. The fraction of sp³-hybridized carbons (Fsp3) is 0.333. The smallest absolute Gasteiger partial charge is 0.229 e. The summed E-state index contributed by atoms with van der Waals surface area (Å²) in [4.78, 5) is 21.5. The molecule has 0 radical (unpaired) electrons. The van der Waals surface area contributed by atoms with Crippen LogP contribution in [0.1, 0.15) is 17.0 Å². The maximum absolute atomic E-state index is 15.6. The van der Waals surface area contributed by atoms with E-state index in [1.165, 1.54) is 11.8 Å². The predicted molar refractivity (Wildman–Crippen MR) is 115 cm³/mol. The molecule has 0 aliphatic carbocycles. The fourth-order valence-electron chi connectivity index (χ4n) is 3.64. The molecule has 0 saturated carbocycles. The quantitative estimate of drug-likeness (QED) is 0.557. The summed E-state index contributed by atoms with van der Waals surface area (Å²) in [5.41, 5.74) is 3.01. The molecule has 3 aromatic rings. The van der Waals surface area contributed by atoms with E-state index in [-0.39, 0.29) is 17.3 Å². The number of anilines is 3. The second-order valence-corrected chi connectivity index (χ2v) is 7.27. The van der Waals surface area contributed by atoms with Gasteiger partial charge < -0.3 is 20.2 Å². The molecule has 0 amide bonds. The molecule has 0 atom stereocenters. The number of carbonyl (C=O) groups excluding carboxylic acids is 1. The average Bonchev–Trinajstić information content (AvgIpc) is 3.17. The highest BCUT2D eigenvalue weighted by Gasteiger charge is 2.23. The first-order valence-electron chi connectivity index (χ1n) is 9.93. The Morgan fingerprint density at radius 3 is 2.90 bits per heavy atom. The van der Waals surface area contributed by atoms with Crippen LogP contribution in [0.15, 0.2) is 24.4 Å². The second kappa shape index (κ2) is 8.68. The molecule has 0 saturated heterocycles. The van der Waals surface area contributed by atoms with Crippen molar-refractivity contribution in [3.63, 3.8) is 0 Å². The molecule has 0 fully saturated rings. The number of aldehydes is 1. The summed E-state index contributed by atoms with van der Waals surface area (Å²) in [7, 11) is 3.25. The highest BCUT2D eigenvalue weighted by atomic mass is 19.1. The van der Waals surface area contributed by atoms with E-state index in [0.29, 0.717) is 31.1 Å². The minimum atomic E-state index is -0.528. The summed E-state index contributed by atoms with van der Waals surface area (Å²) in [5.74, 6) is 0.737. The van der Waals surface area contributed by atoms with E-state index >= 15 is 4.39 Å². The van der Waals surface area contributed by atoms with Gasteiger partial charge in [0, 0.05) is 50.1 Å². The van der Waals surface area contributed by atoms with Gasteiger partial charge in [0.15, 0.2) is 5.82 Å². The number of benzene rings is 1. The van der Waals surface area contributed by atoms with Crippen molar-refractivity contribution in [3.8, 4) is 11.4 Å². The lowest BCUT2D eigenvalue weighted by atomic mass is 10.1. The number of ether oxygens (including phenoxy) is 1. The number of carbonyl (C=O) groups is 1. The van der Waals surface area contributed by atoms with Gasteiger partial charge in [0.1, 0.15) is 23.5 Å². The van der Waals surface area contributed by atoms with Crippen molar-refractivity contribution in [1.82, 2.24) is 24.6 Å². The Morgan fingerprint density at radius 1 is 1.32 bits per heavy atom. The van der Waals surface area contributed by atoms with Crippen molar-refractivity contribution in [2.45, 2.75) is 19.9 Å². The van der Waals surface area contributed by atoms with Gasteiger partial charge in [-0.1, -0.05) is 0 Å². The van der Waals surface area contributed by atoms with Crippen LogP contribution >= 0.6 is 0 Å². The van der Waals surface area contributed by atoms with Gasteiger partial charge in [-0.05, 0) is 19.1 Å². The average molecular weight is 425 g/mol. The Balaban J connectivity index is 1.71. The summed E-state index contributed by atoms with van der Waals surface area (Å²) >= 11 is 0. The van der Waals surface area contributed by atoms with E-state index < -0.39 is 5.82 Å². The Labute approximate surface area is 179 Å². The van der Waals surface area contributed by atoms with Crippen molar-refractivity contribution in [2.75, 3.05) is 37.9 Å². The number of fused-ring (bicyclic) bond motifs is 1. The first-order valence-corrected chi connectivity index (χ1v) is 9.93. The number of hydrogen-bond acceptors (Lipinski definition) is 8. The number of nitrogens with one attached hydrogen (secondary N) is 2. The van der Waals surface area contributed by atoms with Crippen molar-refractivity contribution < 1.29 is 13.9 Å². The van der Waals surface area contributed by atoms with Gasteiger partial charge in [-0.15, -0.1) is 0 Å². The van der Waals surface area contributed by atoms with Gasteiger partial charge >= 0.3 is 0 Å². The van der Waals surface area contributed by atoms with Crippen LogP contribution in [0.2, 0.25) is 0 Å². The molecule has 4 rings (SSSR count). The number of methoxy groups -OCH3 is 1. The Bertz CT molecular complexity index is 1120. The molecule has 1 aromatic carbocycles. The Hall–Kier alpha value is -3.53. The third-order valence-corrected chi connectivity index (χ3v) is 5.15. The first kappa shape index (κ1) is 20.7. The monoisotopic (exact) mass is 425 g/mol. The number of nitrogens with zero attached hydrogens (tertiary/aromatic N) is 5. The molecule has 9 nitrogen and oxygen atoms in total. The van der Waals surface area contributed by atoms with E-state index in [0.717, 1.165) is 29.8 Å². The fourth-order valence-corrected chi connectivity index (χ4v) is 3.64. The molecule has 31 heavy (non-hydrogen) atoms. The Kier molecular flexibility index (Phi) is 5.81. The van der Waals surface area contributed by atoms with Gasteiger partial charge in [0.2, 0.25) is 5.95 Å². The van der Waals surface area contributed by atoms with Gasteiger partial charge in [0.25, 0.3) is 0 Å². The first-order chi connectivity index (χ1) is 15.0. The Morgan fingerprint density at radius 2 is 2.16 bits per heavy atom. The van der Waals surface area contributed by atoms with Gasteiger partial charge in [-0.3, -0.25) is 4.90 Å². The number of rotatable bonds is 7. The van der Waals surface area contributed by atoms with Crippen LogP contribution in [0.4, 0.5) is 21.8 Å². The van der Waals surface area contributed by atoms with Gasteiger partial charge in [0.05, 0.1) is 25.0 Å². The number of aromatic nitrogens is 4. The highest BCUT2D eigenvalue weighted by Crippen LogP contribution is 2.33. The number of aryl methyl sites for hydroxylation is 1. The van der Waals surface area contributed by atoms with E-state index in [9.17, 15) is 4.79 Å². The molecule has 162 valence electrons. The van der Waals surface area contributed by atoms with E-state index in [4.69, 9.17) is 4.74 Å². The van der Waals surface area contributed by atoms with Crippen LogP contribution in [0, 0.1) is 12.7 Å². The molecular formula is C21H24FN7O2. The van der Waals surface area contributed by atoms with Crippen LogP contribution in [0.25, 0.3) is 5.69 Å². The van der Waals surface area contributed by atoms with Crippen molar-refractivity contribution in [1.29, 1.82) is 0 Å². The minimum Gasteiger partial charge on any atom is -0.494 e. The summed E-state index contributed by atoms with van der Waals surface area (Å²) in [6.45, 7) is 3.54. The van der Waals surface area contributed by atoms with Crippen LogP contribution in [0.5, 0.6) is 5.75 Å². The van der Waals surface area contributed by atoms with Crippen LogP contribution in [-0.2, 0) is 17.8 Å². The van der Waals surface area contributed by atoms with Crippen molar-refractivity contribution >= 4 is 23.7 Å². The molecule has 1 aliphatic heterocycles. The third-order valence-electron chi connectivity index (χ3n) is 5.15. The summed E-state index contributed by atoms with van der Waals surface area (Å²) in [5, 5.41) is 10.5. The molecule has 0 unspecified atom stereocenters. The topological polar surface area (TPSA) is 97.2 Å². The lowest BCUT2D eigenvalue weighted by Gasteiger charge is -2.23. The normalized spacial score (nSPS) is 13.5. The largest absolute Gasteiger partial charge is 0.494 e. The lowest BCUT2D eigenvalue weighted by Crippen LogP contribution is -2.31. The number of hydrogen-bond donors (Lipinski definition) is 2. The van der Waals surface area contributed by atoms with Crippen molar-refractivity contribution in [3.05, 3.63) is 47.2 Å². The molecule has 10 heteroatoms. The van der Waals surface area contributed by atoms with E-state index in [1.807, 2.05) is 11.8 Å². The summed E-state index contributed by atoms with van der Waals surface area (Å²) in [6.07, 6.45) is 3.38. The minimum absolute atomic E-state index is 0.199. The molecule has 0 bridgehead atoms. The molecular weight excluding hydrogens is 401 g/mol. The lowest BCUT2D eigenvalue weighted by molar-refractivity contribution is -0.109. The second-order valence-electron chi connectivity index (χ2n) is 7.27. The standard InChI is InChI=1S/C21H24FN7O2/c1-13-10-18(23-2)26-21(24-13)25-16-4-5-17(31-3)20(19(16)22)29-12-14-11-28(8-9-30)7-6-15(14)27-29/h4-5,9-10,12H,6-8,11H2,1-3H3,(H2,23,24,25,26). The van der Waals surface area contributed by atoms with Crippen LogP contribution < -0.4 is 15.4 Å². The maximum Gasteiger partial charge on any atom is 0.229 e. The number of halogens is 1. The van der Waals surface area contributed by atoms with Gasteiger partial charge in [-0.25, -0.2) is 14.1 Å². The van der Waals surface area contributed by atoms with Crippen LogP contribution in [0.3, 0.4) is 0 Å². The molecule has 0 spiro atoms. The van der Waals surface area contributed by atoms with Gasteiger partial charge in [-0.2, -0.15) is 10.1 Å². The predicted octanol–water partition coefficient (Wildman–Crippen LogP) is 2.46. The molecule has 2 aromatic heterocycles. The zero-order valence-electron chi connectivity index (χ0n) is 17.6. The summed E-state index contributed by atoms with van der Waals surface area (Å²) < 4.78 is 22.5.